The smallest absolute Gasteiger partial charge is 0.343 e. The lowest BCUT2D eigenvalue weighted by atomic mass is 10.2. The molecule has 3 rings (SSSR count). The summed E-state index contributed by atoms with van der Waals surface area (Å²) in [7, 11) is 0. The van der Waals surface area contributed by atoms with E-state index in [2.05, 4.69) is 15.6 Å². The Bertz CT molecular complexity index is 1240. The summed E-state index contributed by atoms with van der Waals surface area (Å²) in [6.45, 7) is 3.45. The number of nitrogens with two attached hydrogens (primary N) is 1. The van der Waals surface area contributed by atoms with Crippen LogP contribution in [0.1, 0.15) is 24.2 Å². The predicted octanol–water partition coefficient (Wildman–Crippen LogP) is 2.89. The molecule has 0 aliphatic carbocycles. The molecule has 0 unspecified atom stereocenters. The van der Waals surface area contributed by atoms with Crippen LogP contribution < -0.4 is 16.4 Å². The quantitative estimate of drug-likeness (QED) is 0.234. The molecule has 0 spiro atoms. The molecule has 11 nitrogen and oxygen atoms in total. The van der Waals surface area contributed by atoms with Gasteiger partial charge in [-0.1, -0.05) is 12.1 Å². The van der Waals surface area contributed by atoms with Gasteiger partial charge in [0.15, 0.2) is 0 Å². The number of hydrogen-bond acceptors (Lipinski definition) is 9. The van der Waals surface area contributed by atoms with Crippen molar-refractivity contribution in [3.8, 4) is 0 Å². The summed E-state index contributed by atoms with van der Waals surface area (Å²) in [5, 5.41) is 17.1. The molecule has 176 valence electrons. The molecule has 0 radical (unpaired) electrons. The summed E-state index contributed by atoms with van der Waals surface area (Å²) >= 11 is 0.895. The van der Waals surface area contributed by atoms with E-state index in [1.54, 1.807) is 38.1 Å². The van der Waals surface area contributed by atoms with Gasteiger partial charge in [-0.3, -0.25) is 19.7 Å². The highest BCUT2D eigenvalue weighted by Gasteiger charge is 2.26. The number of primary amides is 1. The predicted molar refractivity (Wildman–Crippen MR) is 127 cm³/mol. The number of nitro benzene ring substituents is 1. The first-order valence-electron chi connectivity index (χ1n) is 10.0. The molecule has 12 heteroatoms. The van der Waals surface area contributed by atoms with Crippen LogP contribution in [0.15, 0.2) is 63.6 Å². The summed E-state index contributed by atoms with van der Waals surface area (Å²) in [5.41, 5.74) is 6.47. The molecule has 0 fully saturated rings. The van der Waals surface area contributed by atoms with E-state index in [-0.39, 0.29) is 39.9 Å². The monoisotopic (exact) mass is 483 g/mol. The Morgan fingerprint density at radius 3 is 2.65 bits per heavy atom. The van der Waals surface area contributed by atoms with Gasteiger partial charge in [0, 0.05) is 17.3 Å². The summed E-state index contributed by atoms with van der Waals surface area (Å²) in [6, 6.07) is 10.8. The number of allylic oxidation sites excluding steroid dienone is 1. The molecule has 0 saturated carbocycles. The molecule has 1 heterocycles. The number of carbonyl (C=O) groups is 3. The first-order chi connectivity index (χ1) is 16.2. The van der Waals surface area contributed by atoms with E-state index in [4.69, 9.17) is 10.5 Å². The molecule has 0 atom stereocenters. The number of amidine groups is 1. The van der Waals surface area contributed by atoms with Gasteiger partial charge in [0.05, 0.1) is 33.6 Å². The number of anilines is 1. The Hall–Kier alpha value is -4.19. The number of thioether (sulfide) groups is 1. The number of nitrogens with zero attached hydrogens (tertiary/aromatic N) is 2. The Morgan fingerprint density at radius 2 is 1.97 bits per heavy atom. The average molecular weight is 484 g/mol. The van der Waals surface area contributed by atoms with Crippen molar-refractivity contribution in [3.05, 3.63) is 69.4 Å². The maximum Gasteiger partial charge on any atom is 0.343 e. The lowest BCUT2D eigenvalue weighted by Crippen LogP contribution is -2.36. The fourth-order valence-corrected chi connectivity index (χ4v) is 3.89. The number of amides is 2. The summed E-state index contributed by atoms with van der Waals surface area (Å²) in [5.74, 6) is -2.24. The third kappa shape index (κ3) is 5.59. The van der Waals surface area contributed by atoms with Gasteiger partial charge in [0.1, 0.15) is 11.4 Å². The Kier molecular flexibility index (Phi) is 7.64. The highest BCUT2D eigenvalue weighted by molar-refractivity contribution is 8.00. The second-order valence-corrected chi connectivity index (χ2v) is 7.98. The number of aliphatic imine (C=N–C) groups is 1. The first kappa shape index (κ1) is 24.5. The topological polar surface area (TPSA) is 166 Å². The Labute approximate surface area is 198 Å². The van der Waals surface area contributed by atoms with Crippen molar-refractivity contribution >= 4 is 52.4 Å². The minimum atomic E-state index is -0.800. The second-order valence-electron chi connectivity index (χ2n) is 6.96. The summed E-state index contributed by atoms with van der Waals surface area (Å²) in [6.07, 6.45) is 0. The van der Waals surface area contributed by atoms with Gasteiger partial charge >= 0.3 is 5.97 Å². The van der Waals surface area contributed by atoms with Crippen LogP contribution >= 0.6 is 11.8 Å². The Morgan fingerprint density at radius 1 is 1.24 bits per heavy atom. The minimum absolute atomic E-state index is 0.00224. The number of esters is 1. The van der Waals surface area contributed by atoms with Crippen molar-refractivity contribution in [2.24, 2.45) is 10.7 Å². The molecule has 2 amide bonds. The highest BCUT2D eigenvalue weighted by Crippen LogP contribution is 2.31. The van der Waals surface area contributed by atoms with Crippen LogP contribution in [0.25, 0.3) is 0 Å². The van der Waals surface area contributed by atoms with Crippen LogP contribution in [0, 0.1) is 10.1 Å². The standard InChI is InChI=1S/C22H21N5O6S/c1-3-33-22(30)19-12(2)24-14-6-4-5-7-15(14)25-21(19)26-18(28)11-34-17-9-8-13(20(23)29)10-16(17)27(31)32/h4-10,24H,3,11H2,1-2H3,(H2,23,29)(H,25,26,28). The maximum atomic E-state index is 12.7. The number of rotatable bonds is 7. The molecular formula is C22H21N5O6S. The molecule has 2 aromatic rings. The first-order valence-corrected chi connectivity index (χ1v) is 11.0. The van der Waals surface area contributed by atoms with Gasteiger partial charge < -0.3 is 21.1 Å². The molecule has 1 aliphatic heterocycles. The van der Waals surface area contributed by atoms with E-state index in [1.165, 1.54) is 12.1 Å². The van der Waals surface area contributed by atoms with E-state index in [9.17, 15) is 24.5 Å². The van der Waals surface area contributed by atoms with E-state index in [1.807, 2.05) is 0 Å². The normalized spacial score (nSPS) is 12.6. The number of nitrogens with one attached hydrogen (secondary N) is 2. The number of fused-ring (bicyclic) bond motifs is 1. The summed E-state index contributed by atoms with van der Waals surface area (Å²) in [4.78, 5) is 52.0. The Balaban J connectivity index is 1.85. The number of carbonyl (C=O) groups excluding carboxylic acids is 3. The molecule has 0 aromatic heterocycles. The molecule has 4 N–H and O–H groups in total. The zero-order valence-electron chi connectivity index (χ0n) is 18.3. The number of hydrogen-bond donors (Lipinski definition) is 3. The van der Waals surface area contributed by atoms with E-state index < -0.39 is 22.7 Å². The lowest BCUT2D eigenvalue weighted by Gasteiger charge is -2.13. The average Bonchev–Trinajstić information content (AvgIpc) is 2.92. The molecule has 2 aromatic carbocycles. The fourth-order valence-electron chi connectivity index (χ4n) is 3.09. The third-order valence-corrected chi connectivity index (χ3v) is 5.67. The number of ether oxygens (including phenoxy) is 1. The molecule has 0 saturated heterocycles. The molecular weight excluding hydrogens is 462 g/mol. The minimum Gasteiger partial charge on any atom is -0.462 e. The van der Waals surface area contributed by atoms with Crippen molar-refractivity contribution in [3.63, 3.8) is 0 Å². The van der Waals surface area contributed by atoms with Crippen molar-refractivity contribution in [1.82, 2.24) is 5.32 Å². The van der Waals surface area contributed by atoms with Crippen molar-refractivity contribution in [2.75, 3.05) is 17.7 Å². The zero-order valence-corrected chi connectivity index (χ0v) is 19.1. The SMILES string of the molecule is CCOC(=O)C1=C(C)Nc2ccccc2N=C1NC(=O)CSc1ccc(C(N)=O)cc1[N+](=O)[O-]. The van der Waals surface area contributed by atoms with Gasteiger partial charge in [0.2, 0.25) is 11.8 Å². The van der Waals surface area contributed by atoms with Gasteiger partial charge in [0.25, 0.3) is 5.69 Å². The van der Waals surface area contributed by atoms with Crippen LogP contribution in [0.4, 0.5) is 17.1 Å². The van der Waals surface area contributed by atoms with Crippen LogP contribution in [-0.2, 0) is 14.3 Å². The fraction of sp³-hybridized carbons (Fsp3) is 0.182. The number of nitro groups is 1. The number of para-hydroxylation sites is 2. The second kappa shape index (κ2) is 10.6. The zero-order chi connectivity index (χ0) is 24.8. The summed E-state index contributed by atoms with van der Waals surface area (Å²) < 4.78 is 5.13. The molecule has 34 heavy (non-hydrogen) atoms. The number of benzene rings is 2. The van der Waals surface area contributed by atoms with Crippen LogP contribution in [-0.4, -0.2) is 40.9 Å². The lowest BCUT2D eigenvalue weighted by molar-refractivity contribution is -0.387. The van der Waals surface area contributed by atoms with Crippen LogP contribution in [0.3, 0.4) is 0 Å². The van der Waals surface area contributed by atoms with E-state index in [0.717, 1.165) is 17.8 Å². The van der Waals surface area contributed by atoms with Crippen LogP contribution in [0.2, 0.25) is 0 Å². The van der Waals surface area contributed by atoms with E-state index >= 15 is 0 Å². The highest BCUT2D eigenvalue weighted by atomic mass is 32.2. The van der Waals surface area contributed by atoms with Gasteiger partial charge in [-0.25, -0.2) is 9.79 Å². The van der Waals surface area contributed by atoms with Crippen LogP contribution in [0.5, 0.6) is 0 Å². The molecule has 0 bridgehead atoms. The third-order valence-electron chi connectivity index (χ3n) is 4.61. The van der Waals surface area contributed by atoms with Gasteiger partial charge in [-0.05, 0) is 38.1 Å². The maximum absolute atomic E-state index is 12.7. The van der Waals surface area contributed by atoms with E-state index in [0.29, 0.717) is 17.1 Å². The molecule has 1 aliphatic rings. The van der Waals surface area contributed by atoms with Crippen molar-refractivity contribution in [1.29, 1.82) is 0 Å². The van der Waals surface area contributed by atoms with Crippen molar-refractivity contribution < 1.29 is 24.0 Å². The largest absolute Gasteiger partial charge is 0.462 e. The van der Waals surface area contributed by atoms with Gasteiger partial charge in [-0.15, -0.1) is 11.8 Å². The van der Waals surface area contributed by atoms with Gasteiger partial charge in [-0.2, -0.15) is 0 Å². The van der Waals surface area contributed by atoms with Crippen molar-refractivity contribution in [2.45, 2.75) is 18.7 Å².